The predicted octanol–water partition coefficient (Wildman–Crippen LogP) is 6.26. The Bertz CT molecular complexity index is 1120. The van der Waals surface area contributed by atoms with Gasteiger partial charge in [-0.25, -0.2) is 0 Å². The van der Waals surface area contributed by atoms with Crippen LogP contribution in [-0.4, -0.2) is 17.6 Å². The fourth-order valence-electron chi connectivity index (χ4n) is 3.79. The number of hydrogen-bond acceptors (Lipinski definition) is 3. The second-order valence-electron chi connectivity index (χ2n) is 7.36. The minimum atomic E-state index is -0.214. The summed E-state index contributed by atoms with van der Waals surface area (Å²) in [7, 11) is 0. The largest absolute Gasteiger partial charge is 0.360 e. The number of amides is 1. The smallest absolute Gasteiger partial charge is 0.257 e. The van der Waals surface area contributed by atoms with Gasteiger partial charge in [-0.2, -0.15) is 0 Å². The average molecular weight is 431 g/mol. The highest BCUT2D eigenvalue weighted by Gasteiger charge is 2.23. The van der Waals surface area contributed by atoms with Crippen LogP contribution in [0.15, 0.2) is 89.5 Å². The molecule has 31 heavy (non-hydrogen) atoms. The Hall–Kier alpha value is -3.37. The molecule has 0 spiro atoms. The van der Waals surface area contributed by atoms with Gasteiger partial charge in [0.15, 0.2) is 0 Å². The molecule has 156 valence electrons. The zero-order valence-corrected chi connectivity index (χ0v) is 18.0. The third kappa shape index (κ3) is 4.70. The van der Waals surface area contributed by atoms with Gasteiger partial charge in [0.2, 0.25) is 0 Å². The fraction of sp³-hybridized carbons (Fsp3) is 0.154. The molecular weight excluding hydrogens is 408 g/mol. The molecule has 0 unspecified atom stereocenters. The van der Waals surface area contributed by atoms with Crippen molar-refractivity contribution in [2.45, 2.75) is 19.3 Å². The van der Waals surface area contributed by atoms with Crippen molar-refractivity contribution < 1.29 is 9.32 Å². The summed E-state index contributed by atoms with van der Waals surface area (Å²) in [6.07, 6.45) is 0.769. The Morgan fingerprint density at radius 2 is 1.52 bits per heavy atom. The van der Waals surface area contributed by atoms with E-state index in [1.165, 1.54) is 11.1 Å². The van der Waals surface area contributed by atoms with Crippen molar-refractivity contribution in [3.8, 4) is 11.3 Å². The van der Waals surface area contributed by atoms with Gasteiger partial charge < -0.3 is 9.84 Å². The zero-order valence-electron chi connectivity index (χ0n) is 17.2. The van der Waals surface area contributed by atoms with Crippen molar-refractivity contribution in [2.24, 2.45) is 0 Å². The minimum Gasteiger partial charge on any atom is -0.360 e. The lowest BCUT2D eigenvalue weighted by molar-refractivity contribution is 0.0952. The van der Waals surface area contributed by atoms with Crippen LogP contribution < -0.4 is 5.32 Å². The molecule has 1 N–H and O–H groups in total. The van der Waals surface area contributed by atoms with Gasteiger partial charge in [-0.05, 0) is 30.5 Å². The highest BCUT2D eigenvalue weighted by molar-refractivity contribution is 6.33. The van der Waals surface area contributed by atoms with E-state index in [1.54, 1.807) is 13.0 Å². The molecule has 1 aromatic heterocycles. The number of aromatic nitrogens is 1. The standard InChI is InChI=1S/C26H23ClN2O2/c1-18-24(25(29-31-18)22-14-8-9-15-23(22)27)26(30)28-17-16-21(19-10-4-2-5-11-19)20-12-6-3-7-13-20/h2-15,21H,16-17H2,1H3,(H,28,30). The lowest BCUT2D eigenvalue weighted by Crippen LogP contribution is -2.26. The van der Waals surface area contributed by atoms with Crippen LogP contribution in [0, 0.1) is 6.92 Å². The quantitative estimate of drug-likeness (QED) is 0.376. The molecule has 1 heterocycles. The number of benzene rings is 3. The number of hydrogen-bond donors (Lipinski definition) is 1. The van der Waals surface area contributed by atoms with Crippen LogP contribution in [0.3, 0.4) is 0 Å². The third-order valence-corrected chi connectivity index (χ3v) is 5.67. The number of nitrogens with one attached hydrogen (secondary N) is 1. The number of carbonyl (C=O) groups excluding carboxylic acids is 1. The summed E-state index contributed by atoms with van der Waals surface area (Å²) in [5.74, 6) is 0.443. The molecule has 3 aromatic carbocycles. The van der Waals surface area contributed by atoms with Gasteiger partial charge in [-0.3, -0.25) is 4.79 Å². The normalized spacial score (nSPS) is 10.9. The van der Waals surface area contributed by atoms with E-state index in [0.717, 1.165) is 6.42 Å². The lowest BCUT2D eigenvalue weighted by atomic mass is 9.88. The molecule has 1 amide bonds. The molecular formula is C26H23ClN2O2. The fourth-order valence-corrected chi connectivity index (χ4v) is 4.02. The second-order valence-corrected chi connectivity index (χ2v) is 7.77. The molecule has 0 aliphatic heterocycles. The highest BCUT2D eigenvalue weighted by Crippen LogP contribution is 2.31. The second kappa shape index (κ2) is 9.63. The van der Waals surface area contributed by atoms with Crippen LogP contribution in [-0.2, 0) is 0 Å². The van der Waals surface area contributed by atoms with Gasteiger partial charge in [0.05, 0.1) is 5.02 Å². The first-order valence-corrected chi connectivity index (χ1v) is 10.6. The Labute approximate surface area is 186 Å². The van der Waals surface area contributed by atoms with Crippen LogP contribution in [0.1, 0.15) is 39.6 Å². The van der Waals surface area contributed by atoms with Gasteiger partial charge in [0.25, 0.3) is 5.91 Å². The summed E-state index contributed by atoms with van der Waals surface area (Å²) in [6.45, 7) is 2.25. The summed E-state index contributed by atoms with van der Waals surface area (Å²) in [5, 5.41) is 7.66. The Morgan fingerprint density at radius 3 is 2.13 bits per heavy atom. The van der Waals surface area contributed by atoms with E-state index in [2.05, 4.69) is 34.7 Å². The molecule has 4 rings (SSSR count). The average Bonchev–Trinajstić information content (AvgIpc) is 3.19. The Kier molecular flexibility index (Phi) is 6.48. The van der Waals surface area contributed by atoms with E-state index in [0.29, 0.717) is 34.1 Å². The molecule has 5 heteroatoms. The first-order chi connectivity index (χ1) is 15.1. The zero-order chi connectivity index (χ0) is 21.6. The molecule has 0 radical (unpaired) electrons. The van der Waals surface area contributed by atoms with Gasteiger partial charge in [-0.15, -0.1) is 0 Å². The van der Waals surface area contributed by atoms with Gasteiger partial charge in [0.1, 0.15) is 17.0 Å². The van der Waals surface area contributed by atoms with Crippen LogP contribution in [0.5, 0.6) is 0 Å². The van der Waals surface area contributed by atoms with E-state index >= 15 is 0 Å². The molecule has 4 aromatic rings. The maximum absolute atomic E-state index is 13.0. The van der Waals surface area contributed by atoms with E-state index in [1.807, 2.05) is 54.6 Å². The maximum atomic E-state index is 13.0. The van der Waals surface area contributed by atoms with Crippen LogP contribution in [0.4, 0.5) is 0 Å². The van der Waals surface area contributed by atoms with Gasteiger partial charge >= 0.3 is 0 Å². The number of halogens is 1. The monoisotopic (exact) mass is 430 g/mol. The summed E-state index contributed by atoms with van der Waals surface area (Å²) in [4.78, 5) is 13.0. The number of rotatable bonds is 7. The third-order valence-electron chi connectivity index (χ3n) is 5.34. The number of aryl methyl sites for hydroxylation is 1. The minimum absolute atomic E-state index is 0.189. The SMILES string of the molecule is Cc1onc(-c2ccccc2Cl)c1C(=O)NCCC(c1ccccc1)c1ccccc1. The molecule has 0 saturated heterocycles. The molecule has 0 aliphatic carbocycles. The van der Waals surface area contributed by atoms with E-state index in [9.17, 15) is 4.79 Å². The van der Waals surface area contributed by atoms with Crippen molar-refractivity contribution in [2.75, 3.05) is 6.54 Å². The Balaban J connectivity index is 1.51. The van der Waals surface area contributed by atoms with Crippen molar-refractivity contribution in [3.63, 3.8) is 0 Å². The van der Waals surface area contributed by atoms with Crippen molar-refractivity contribution in [1.82, 2.24) is 10.5 Å². The molecule has 0 aliphatic rings. The van der Waals surface area contributed by atoms with Crippen molar-refractivity contribution >= 4 is 17.5 Å². The number of nitrogens with zero attached hydrogens (tertiary/aromatic N) is 1. The number of carbonyl (C=O) groups is 1. The summed E-state index contributed by atoms with van der Waals surface area (Å²) < 4.78 is 5.32. The van der Waals surface area contributed by atoms with Crippen LogP contribution in [0.25, 0.3) is 11.3 Å². The molecule has 0 atom stereocenters. The van der Waals surface area contributed by atoms with Gasteiger partial charge in [0, 0.05) is 18.0 Å². The molecule has 0 saturated carbocycles. The van der Waals surface area contributed by atoms with Crippen LogP contribution in [0.2, 0.25) is 5.02 Å². The van der Waals surface area contributed by atoms with E-state index in [4.69, 9.17) is 16.1 Å². The van der Waals surface area contributed by atoms with Gasteiger partial charge in [-0.1, -0.05) is 95.6 Å². The maximum Gasteiger partial charge on any atom is 0.257 e. The summed E-state index contributed by atoms with van der Waals surface area (Å²) in [6, 6.07) is 28.0. The van der Waals surface area contributed by atoms with E-state index in [-0.39, 0.29) is 11.8 Å². The molecule has 0 bridgehead atoms. The van der Waals surface area contributed by atoms with E-state index < -0.39 is 0 Å². The summed E-state index contributed by atoms with van der Waals surface area (Å²) in [5.41, 5.74) is 4.01. The first kappa shape index (κ1) is 20.9. The van der Waals surface area contributed by atoms with Crippen molar-refractivity contribution in [1.29, 1.82) is 0 Å². The lowest BCUT2D eigenvalue weighted by Gasteiger charge is -2.18. The van der Waals surface area contributed by atoms with Crippen LogP contribution >= 0.6 is 11.6 Å². The summed E-state index contributed by atoms with van der Waals surface area (Å²) >= 11 is 6.31. The Morgan fingerprint density at radius 1 is 0.935 bits per heavy atom. The topological polar surface area (TPSA) is 55.1 Å². The highest BCUT2D eigenvalue weighted by atomic mass is 35.5. The molecule has 0 fully saturated rings. The van der Waals surface area contributed by atoms with Crippen molar-refractivity contribution in [3.05, 3.63) is 112 Å². The molecule has 4 nitrogen and oxygen atoms in total. The first-order valence-electron chi connectivity index (χ1n) is 10.2. The predicted molar refractivity (Wildman–Crippen MR) is 123 cm³/mol.